The predicted molar refractivity (Wildman–Crippen MR) is 118 cm³/mol. The highest BCUT2D eigenvalue weighted by atomic mass is 16.5. The van der Waals surface area contributed by atoms with E-state index in [-0.39, 0.29) is 0 Å². The van der Waals surface area contributed by atoms with Crippen molar-refractivity contribution in [3.8, 4) is 0 Å². The summed E-state index contributed by atoms with van der Waals surface area (Å²) in [6.07, 6.45) is 7.48. The number of nitrogens with zero attached hydrogens (tertiary/aromatic N) is 3. The molecule has 1 aromatic heterocycles. The summed E-state index contributed by atoms with van der Waals surface area (Å²) in [5.41, 5.74) is 1.20. The molecule has 0 spiro atoms. The molecular weight excluding hydrogens is 366 g/mol. The van der Waals surface area contributed by atoms with E-state index in [4.69, 9.17) is 14.5 Å². The van der Waals surface area contributed by atoms with Crippen LogP contribution in [-0.2, 0) is 9.47 Å². The fourth-order valence-electron chi connectivity index (χ4n) is 3.76. The third-order valence-electron chi connectivity index (χ3n) is 5.49. The molecule has 0 amide bonds. The highest BCUT2D eigenvalue weighted by molar-refractivity contribution is 5.80. The number of piperidine rings is 1. The summed E-state index contributed by atoms with van der Waals surface area (Å²) < 4.78 is 11.3. The number of pyridine rings is 1. The van der Waals surface area contributed by atoms with Crippen molar-refractivity contribution in [3.05, 3.63) is 23.9 Å². The number of hydrogen-bond acceptors (Lipinski definition) is 5. The van der Waals surface area contributed by atoms with Gasteiger partial charge in [-0.2, -0.15) is 0 Å². The van der Waals surface area contributed by atoms with Gasteiger partial charge in [-0.3, -0.25) is 4.99 Å². The van der Waals surface area contributed by atoms with Crippen LogP contribution in [0.4, 0.5) is 5.82 Å². The van der Waals surface area contributed by atoms with Crippen LogP contribution in [0.25, 0.3) is 0 Å². The number of aliphatic imine (C=N–C) groups is 1. The van der Waals surface area contributed by atoms with Crippen LogP contribution in [0.15, 0.2) is 23.3 Å². The number of hydrogen-bond donors (Lipinski definition) is 2. The van der Waals surface area contributed by atoms with E-state index in [1.807, 2.05) is 6.20 Å². The number of nitrogens with one attached hydrogen (secondary N) is 2. The van der Waals surface area contributed by atoms with Gasteiger partial charge in [0, 0.05) is 58.2 Å². The van der Waals surface area contributed by atoms with Crippen molar-refractivity contribution < 1.29 is 9.47 Å². The first-order chi connectivity index (χ1) is 14.2. The Morgan fingerprint density at radius 1 is 1.24 bits per heavy atom. The van der Waals surface area contributed by atoms with Crippen LogP contribution in [0.3, 0.4) is 0 Å². The van der Waals surface area contributed by atoms with Crippen molar-refractivity contribution >= 4 is 11.8 Å². The first-order valence-corrected chi connectivity index (χ1v) is 11.2. The SMILES string of the molecule is CCNC(=NCCCOC1CCOCC1)NC1CCN(c2ccc(C)cn2)CC1. The summed E-state index contributed by atoms with van der Waals surface area (Å²) in [4.78, 5) is 11.7. The highest BCUT2D eigenvalue weighted by Gasteiger charge is 2.21. The zero-order valence-electron chi connectivity index (χ0n) is 18.0. The third-order valence-corrected chi connectivity index (χ3v) is 5.49. The minimum Gasteiger partial charge on any atom is -0.381 e. The van der Waals surface area contributed by atoms with Crippen molar-refractivity contribution in [2.24, 2.45) is 4.99 Å². The number of aromatic nitrogens is 1. The number of guanidine groups is 1. The van der Waals surface area contributed by atoms with Gasteiger partial charge in [-0.25, -0.2) is 4.98 Å². The van der Waals surface area contributed by atoms with E-state index in [1.54, 1.807) is 0 Å². The Kier molecular flexibility index (Phi) is 9.02. The van der Waals surface area contributed by atoms with Gasteiger partial charge in [-0.1, -0.05) is 6.07 Å². The molecule has 0 aromatic carbocycles. The van der Waals surface area contributed by atoms with E-state index in [0.717, 1.165) is 89.9 Å². The lowest BCUT2D eigenvalue weighted by Gasteiger charge is -2.33. The molecule has 0 unspecified atom stereocenters. The summed E-state index contributed by atoms with van der Waals surface area (Å²) in [5, 5.41) is 6.99. The lowest BCUT2D eigenvalue weighted by Crippen LogP contribution is -2.49. The van der Waals surface area contributed by atoms with E-state index >= 15 is 0 Å². The Hall–Kier alpha value is -1.86. The van der Waals surface area contributed by atoms with Crippen LogP contribution in [-0.4, -0.2) is 69.1 Å². The molecule has 0 atom stereocenters. The van der Waals surface area contributed by atoms with Gasteiger partial charge in [0.1, 0.15) is 5.82 Å². The molecule has 162 valence electrons. The summed E-state index contributed by atoms with van der Waals surface area (Å²) in [5.74, 6) is 2.00. The van der Waals surface area contributed by atoms with Crippen molar-refractivity contribution in [1.29, 1.82) is 0 Å². The second-order valence-corrected chi connectivity index (χ2v) is 7.90. The molecule has 0 saturated carbocycles. The number of ether oxygens (including phenoxy) is 2. The lowest BCUT2D eigenvalue weighted by molar-refractivity contribution is -0.0318. The van der Waals surface area contributed by atoms with Gasteiger partial charge < -0.3 is 25.0 Å². The first-order valence-electron chi connectivity index (χ1n) is 11.2. The maximum atomic E-state index is 5.93. The average Bonchev–Trinajstić information content (AvgIpc) is 2.75. The van der Waals surface area contributed by atoms with Gasteiger partial charge in [-0.15, -0.1) is 0 Å². The summed E-state index contributed by atoms with van der Waals surface area (Å²) >= 11 is 0. The molecule has 2 saturated heterocycles. The molecule has 3 heterocycles. The molecular formula is C22H37N5O2. The van der Waals surface area contributed by atoms with E-state index in [1.165, 1.54) is 5.56 Å². The average molecular weight is 404 g/mol. The quantitative estimate of drug-likeness (QED) is 0.395. The van der Waals surface area contributed by atoms with Crippen molar-refractivity contribution in [3.63, 3.8) is 0 Å². The second kappa shape index (κ2) is 12.0. The van der Waals surface area contributed by atoms with Crippen molar-refractivity contribution in [2.45, 2.75) is 58.1 Å². The Balaban J connectivity index is 1.37. The molecule has 2 aliphatic heterocycles. The van der Waals surface area contributed by atoms with Gasteiger partial charge in [0.15, 0.2) is 5.96 Å². The van der Waals surface area contributed by atoms with Crippen LogP contribution >= 0.6 is 0 Å². The molecule has 7 heteroatoms. The first kappa shape index (κ1) is 21.8. The third kappa shape index (κ3) is 7.48. The fraction of sp³-hybridized carbons (Fsp3) is 0.727. The van der Waals surface area contributed by atoms with Crippen molar-refractivity contribution in [2.75, 3.05) is 50.9 Å². The number of rotatable bonds is 8. The highest BCUT2D eigenvalue weighted by Crippen LogP contribution is 2.18. The Morgan fingerprint density at radius 2 is 2.03 bits per heavy atom. The largest absolute Gasteiger partial charge is 0.381 e. The van der Waals surface area contributed by atoms with Crippen LogP contribution in [0.1, 0.15) is 44.6 Å². The van der Waals surface area contributed by atoms with Crippen molar-refractivity contribution in [1.82, 2.24) is 15.6 Å². The summed E-state index contributed by atoms with van der Waals surface area (Å²) in [7, 11) is 0. The predicted octanol–water partition coefficient (Wildman–Crippen LogP) is 2.50. The lowest BCUT2D eigenvalue weighted by atomic mass is 10.1. The molecule has 2 N–H and O–H groups in total. The fourth-order valence-corrected chi connectivity index (χ4v) is 3.76. The minimum atomic E-state index is 0.368. The molecule has 0 radical (unpaired) electrons. The van der Waals surface area contributed by atoms with Gasteiger partial charge in [0.25, 0.3) is 0 Å². The topological polar surface area (TPSA) is 71.0 Å². The van der Waals surface area contributed by atoms with Crippen LogP contribution in [0.5, 0.6) is 0 Å². The van der Waals surface area contributed by atoms with E-state index in [9.17, 15) is 0 Å². The van der Waals surface area contributed by atoms with Gasteiger partial charge in [0.2, 0.25) is 0 Å². The van der Waals surface area contributed by atoms with Gasteiger partial charge in [-0.05, 0) is 57.6 Å². The maximum Gasteiger partial charge on any atom is 0.191 e. The summed E-state index contributed by atoms with van der Waals surface area (Å²) in [6.45, 7) is 10.3. The maximum absolute atomic E-state index is 5.93. The second-order valence-electron chi connectivity index (χ2n) is 7.90. The summed E-state index contributed by atoms with van der Waals surface area (Å²) in [6, 6.07) is 4.71. The monoisotopic (exact) mass is 403 g/mol. The number of anilines is 1. The molecule has 7 nitrogen and oxygen atoms in total. The Bertz CT molecular complexity index is 608. The molecule has 3 rings (SSSR count). The van der Waals surface area contributed by atoms with Gasteiger partial charge in [0.05, 0.1) is 6.10 Å². The normalized spacial score (nSPS) is 19.4. The Labute approximate surface area is 175 Å². The molecule has 29 heavy (non-hydrogen) atoms. The zero-order chi connectivity index (χ0) is 20.3. The van der Waals surface area contributed by atoms with Crippen LogP contribution in [0, 0.1) is 6.92 Å². The van der Waals surface area contributed by atoms with Crippen LogP contribution in [0.2, 0.25) is 0 Å². The van der Waals surface area contributed by atoms with Gasteiger partial charge >= 0.3 is 0 Å². The van der Waals surface area contributed by atoms with E-state index in [2.05, 4.69) is 46.5 Å². The molecule has 2 fully saturated rings. The Morgan fingerprint density at radius 3 is 2.72 bits per heavy atom. The molecule has 0 bridgehead atoms. The smallest absolute Gasteiger partial charge is 0.191 e. The number of aryl methyl sites for hydroxylation is 1. The minimum absolute atomic E-state index is 0.368. The van der Waals surface area contributed by atoms with E-state index < -0.39 is 0 Å². The molecule has 1 aromatic rings. The molecule has 0 aliphatic carbocycles. The zero-order valence-corrected chi connectivity index (χ0v) is 18.0. The molecule has 2 aliphatic rings. The van der Waals surface area contributed by atoms with E-state index in [0.29, 0.717) is 12.1 Å². The van der Waals surface area contributed by atoms with Crippen LogP contribution < -0.4 is 15.5 Å². The standard InChI is InChI=1S/C22H37N5O2/c1-3-23-22(24-11-4-14-29-20-9-15-28-16-10-20)26-19-7-12-27(13-8-19)21-6-5-18(2)17-25-21/h5-6,17,19-20H,3-4,7-16H2,1-2H3,(H2,23,24,26).